The van der Waals surface area contributed by atoms with Gasteiger partial charge in [0.15, 0.2) is 5.65 Å². The van der Waals surface area contributed by atoms with Crippen molar-refractivity contribution in [1.29, 1.82) is 0 Å². The van der Waals surface area contributed by atoms with Crippen LogP contribution in [0.15, 0.2) is 30.5 Å². The lowest BCUT2D eigenvalue weighted by Crippen LogP contribution is -2.65. The van der Waals surface area contributed by atoms with E-state index in [0.29, 0.717) is 37.5 Å². The van der Waals surface area contributed by atoms with Gasteiger partial charge in [-0.2, -0.15) is 5.10 Å². The molecule has 0 amide bonds. The molecule has 1 atom stereocenters. The van der Waals surface area contributed by atoms with Crippen molar-refractivity contribution in [3.63, 3.8) is 0 Å². The first-order valence-electron chi connectivity index (χ1n) is 11.9. The Hall–Kier alpha value is -2.90. The van der Waals surface area contributed by atoms with Crippen LogP contribution < -0.4 is 20.3 Å². The van der Waals surface area contributed by atoms with Gasteiger partial charge in [-0.15, -0.1) is 0 Å². The standard InChI is InChI=1S/C23H30F2N8O2S/c1-23(26)13-32(14-23)21-9-16(18-11-27-19-6-5-17(22(24)25)30-33(18)19)8-20(29-21)31-7-3-4-15(12-31)10-28-36(2,34)35/h5-6,8-9,11,15,22,28H,3-4,7,10,12-14,26H2,1-2H3. The van der Waals surface area contributed by atoms with Crippen molar-refractivity contribution in [2.75, 3.05) is 48.8 Å². The van der Waals surface area contributed by atoms with Crippen LogP contribution in [0, 0.1) is 5.92 Å². The number of alkyl halides is 2. The number of halogens is 2. The van der Waals surface area contributed by atoms with Gasteiger partial charge in [0, 0.05) is 43.8 Å². The number of nitrogens with one attached hydrogen (secondary N) is 1. The Bertz CT molecular complexity index is 1370. The predicted octanol–water partition coefficient (Wildman–Crippen LogP) is 2.03. The van der Waals surface area contributed by atoms with Gasteiger partial charge in [0.1, 0.15) is 17.3 Å². The lowest BCUT2D eigenvalue weighted by atomic mass is 9.93. The number of nitrogens with two attached hydrogens (primary N) is 1. The molecule has 0 radical (unpaired) electrons. The van der Waals surface area contributed by atoms with E-state index in [1.54, 1.807) is 6.20 Å². The van der Waals surface area contributed by atoms with Crippen LogP contribution in [-0.4, -0.2) is 72.5 Å². The van der Waals surface area contributed by atoms with E-state index in [1.165, 1.54) is 16.6 Å². The van der Waals surface area contributed by atoms with Crippen molar-refractivity contribution < 1.29 is 17.2 Å². The first-order valence-corrected chi connectivity index (χ1v) is 13.8. The number of aromatic nitrogens is 4. The monoisotopic (exact) mass is 520 g/mol. The zero-order chi connectivity index (χ0) is 25.7. The van der Waals surface area contributed by atoms with E-state index < -0.39 is 16.4 Å². The summed E-state index contributed by atoms with van der Waals surface area (Å²) in [6, 6.07) is 6.63. The van der Waals surface area contributed by atoms with E-state index >= 15 is 0 Å². The summed E-state index contributed by atoms with van der Waals surface area (Å²) in [4.78, 5) is 13.5. The summed E-state index contributed by atoms with van der Waals surface area (Å²) in [7, 11) is -3.27. The average Bonchev–Trinajstić information content (AvgIpc) is 3.24. The molecule has 2 fully saturated rings. The molecule has 3 aromatic heterocycles. The minimum atomic E-state index is -3.27. The molecule has 3 aromatic rings. The zero-order valence-corrected chi connectivity index (χ0v) is 21.0. The molecule has 3 N–H and O–H groups in total. The number of rotatable bonds is 7. The molecule has 1 unspecified atom stereocenters. The van der Waals surface area contributed by atoms with Crippen molar-refractivity contribution in [1.82, 2.24) is 24.3 Å². The van der Waals surface area contributed by atoms with Crippen LogP contribution in [0.1, 0.15) is 31.9 Å². The summed E-state index contributed by atoms with van der Waals surface area (Å²) in [5.74, 6) is 1.61. The molecular formula is C23H30F2N8O2S. The molecule has 0 aliphatic carbocycles. The fourth-order valence-corrected chi connectivity index (χ4v) is 5.41. The van der Waals surface area contributed by atoms with Crippen molar-refractivity contribution in [2.24, 2.45) is 11.7 Å². The van der Waals surface area contributed by atoms with Crippen LogP contribution >= 0.6 is 0 Å². The number of imidazole rings is 1. The molecule has 5 rings (SSSR count). The van der Waals surface area contributed by atoms with Crippen LogP contribution in [0.5, 0.6) is 0 Å². The minimum Gasteiger partial charge on any atom is -0.356 e. The third kappa shape index (κ3) is 5.27. The average molecular weight is 521 g/mol. The Balaban J connectivity index is 1.51. The van der Waals surface area contributed by atoms with Crippen LogP contribution in [0.2, 0.25) is 0 Å². The fourth-order valence-electron chi connectivity index (χ4n) is 4.87. The summed E-state index contributed by atoms with van der Waals surface area (Å²) in [6.07, 6.45) is 1.90. The molecule has 2 saturated heterocycles. The molecule has 5 heterocycles. The van der Waals surface area contributed by atoms with Gasteiger partial charge in [0.05, 0.1) is 18.1 Å². The Morgan fingerprint density at radius 2 is 1.94 bits per heavy atom. The minimum absolute atomic E-state index is 0.143. The van der Waals surface area contributed by atoms with Gasteiger partial charge in [-0.25, -0.2) is 36.4 Å². The Morgan fingerprint density at radius 3 is 2.61 bits per heavy atom. The summed E-state index contributed by atoms with van der Waals surface area (Å²) in [6.45, 7) is 5.07. The second-order valence-corrected chi connectivity index (χ2v) is 12.0. The lowest BCUT2D eigenvalue weighted by Gasteiger charge is -2.46. The van der Waals surface area contributed by atoms with Gasteiger partial charge < -0.3 is 15.5 Å². The summed E-state index contributed by atoms with van der Waals surface area (Å²) in [5.41, 5.74) is 7.42. The van der Waals surface area contributed by atoms with Crippen LogP contribution in [0.25, 0.3) is 16.9 Å². The number of nitrogens with zero attached hydrogens (tertiary/aromatic N) is 6. The molecule has 2 aliphatic rings. The number of sulfonamides is 1. The molecule has 2 aliphatic heterocycles. The van der Waals surface area contributed by atoms with E-state index in [4.69, 9.17) is 10.7 Å². The van der Waals surface area contributed by atoms with Crippen LogP contribution in [-0.2, 0) is 10.0 Å². The number of pyridine rings is 1. The van der Waals surface area contributed by atoms with Gasteiger partial charge in [0.25, 0.3) is 6.43 Å². The Morgan fingerprint density at radius 1 is 1.22 bits per heavy atom. The normalized spacial score (nSPS) is 20.2. The number of hydrogen-bond acceptors (Lipinski definition) is 8. The van der Waals surface area contributed by atoms with E-state index in [9.17, 15) is 17.2 Å². The molecule has 10 nitrogen and oxygen atoms in total. The number of piperidine rings is 1. The third-order valence-electron chi connectivity index (χ3n) is 6.61. The lowest BCUT2D eigenvalue weighted by molar-refractivity contribution is 0.144. The van der Waals surface area contributed by atoms with Gasteiger partial charge in [-0.1, -0.05) is 0 Å². The molecule has 0 aromatic carbocycles. The van der Waals surface area contributed by atoms with Crippen molar-refractivity contribution in [3.8, 4) is 11.3 Å². The topological polar surface area (TPSA) is 122 Å². The maximum atomic E-state index is 13.3. The van der Waals surface area contributed by atoms with Gasteiger partial charge in [-0.05, 0) is 49.9 Å². The highest BCUT2D eigenvalue weighted by Crippen LogP contribution is 2.33. The second-order valence-electron chi connectivity index (χ2n) is 10.1. The van der Waals surface area contributed by atoms with E-state index in [2.05, 4.69) is 24.6 Å². The SMILES string of the molecule is CC1(N)CN(c2cc(-c3cnc4ccc(C(F)F)nn34)cc(N3CCCC(CNS(C)(=O)=O)C3)n2)C1. The van der Waals surface area contributed by atoms with Crippen LogP contribution in [0.4, 0.5) is 20.4 Å². The maximum absolute atomic E-state index is 13.3. The Kier molecular flexibility index (Phi) is 6.33. The third-order valence-corrected chi connectivity index (χ3v) is 7.30. The number of anilines is 2. The largest absolute Gasteiger partial charge is 0.356 e. The van der Waals surface area contributed by atoms with Gasteiger partial charge in [-0.3, -0.25) is 0 Å². The van der Waals surface area contributed by atoms with E-state index in [0.717, 1.165) is 42.8 Å². The molecule has 0 bridgehead atoms. The molecule has 13 heteroatoms. The summed E-state index contributed by atoms with van der Waals surface area (Å²) >= 11 is 0. The molecule has 0 saturated carbocycles. The van der Waals surface area contributed by atoms with Crippen molar-refractivity contribution in [3.05, 3.63) is 36.2 Å². The molecule has 194 valence electrons. The summed E-state index contributed by atoms with van der Waals surface area (Å²) < 4.78 is 53.9. The van der Waals surface area contributed by atoms with Crippen molar-refractivity contribution in [2.45, 2.75) is 31.7 Å². The highest BCUT2D eigenvalue weighted by Gasteiger charge is 2.36. The highest BCUT2D eigenvalue weighted by atomic mass is 32.2. The predicted molar refractivity (Wildman–Crippen MR) is 134 cm³/mol. The second kappa shape index (κ2) is 9.20. The molecule has 0 spiro atoms. The smallest absolute Gasteiger partial charge is 0.282 e. The van der Waals surface area contributed by atoms with E-state index in [1.807, 2.05) is 19.1 Å². The van der Waals surface area contributed by atoms with Crippen LogP contribution in [0.3, 0.4) is 0 Å². The number of fused-ring (bicyclic) bond motifs is 1. The van der Waals surface area contributed by atoms with Crippen molar-refractivity contribution >= 4 is 27.3 Å². The number of hydrogen-bond donors (Lipinski definition) is 2. The fraction of sp³-hybridized carbons (Fsp3) is 0.522. The summed E-state index contributed by atoms with van der Waals surface area (Å²) in [5, 5.41) is 4.12. The zero-order valence-electron chi connectivity index (χ0n) is 20.2. The molecular weight excluding hydrogens is 490 g/mol. The first-order chi connectivity index (χ1) is 17.0. The van der Waals surface area contributed by atoms with E-state index in [-0.39, 0.29) is 17.2 Å². The van der Waals surface area contributed by atoms with Gasteiger partial charge >= 0.3 is 0 Å². The quantitative estimate of drug-likeness (QED) is 0.485. The molecule has 36 heavy (non-hydrogen) atoms. The Labute approximate surface area is 208 Å². The first kappa shape index (κ1) is 24.8. The highest BCUT2D eigenvalue weighted by molar-refractivity contribution is 7.88. The maximum Gasteiger partial charge on any atom is 0.282 e. The van der Waals surface area contributed by atoms with Gasteiger partial charge in [0.2, 0.25) is 10.0 Å².